The number of anilines is 1. The Morgan fingerprint density at radius 3 is 1.97 bits per heavy atom. The predicted molar refractivity (Wildman–Crippen MR) is 151 cm³/mol. The second kappa shape index (κ2) is 9.18. The van der Waals surface area contributed by atoms with Gasteiger partial charge in [0.05, 0.1) is 6.04 Å². The zero-order valence-electron chi connectivity index (χ0n) is 19.2. The summed E-state index contributed by atoms with van der Waals surface area (Å²) in [5, 5.41) is 2.32. The van der Waals surface area contributed by atoms with Gasteiger partial charge in [0.2, 0.25) is 0 Å². The molecule has 0 radical (unpaired) electrons. The van der Waals surface area contributed by atoms with E-state index in [1.54, 1.807) is 0 Å². The van der Waals surface area contributed by atoms with Gasteiger partial charge in [-0.15, -0.1) is 0 Å². The van der Waals surface area contributed by atoms with Crippen LogP contribution in [-0.2, 0) is 0 Å². The summed E-state index contributed by atoms with van der Waals surface area (Å²) in [6, 6.07) is 38.7. The molecule has 2 nitrogen and oxygen atoms in total. The fourth-order valence-corrected chi connectivity index (χ4v) is 5.43. The molecule has 1 aliphatic rings. The lowest BCUT2D eigenvalue weighted by Gasteiger charge is -2.45. The van der Waals surface area contributed by atoms with E-state index >= 15 is 0 Å². The molecule has 0 N–H and O–H groups in total. The maximum absolute atomic E-state index is 6.95. The molecule has 0 saturated carbocycles. The Hall–Kier alpha value is -3.08. The molecule has 5 aromatic rings. The second-order valence-electron chi connectivity index (χ2n) is 8.92. The second-order valence-corrected chi connectivity index (χ2v) is 10.8. The number of nitrogens with zero attached hydrogens (tertiary/aromatic N) is 1. The smallest absolute Gasteiger partial charge is 0.199 e. The summed E-state index contributed by atoms with van der Waals surface area (Å²) in [7, 11) is 0. The van der Waals surface area contributed by atoms with Gasteiger partial charge in [0.15, 0.2) is 6.23 Å². The number of halogens is 2. The summed E-state index contributed by atoms with van der Waals surface area (Å²) in [6.45, 7) is 2.12. The highest BCUT2D eigenvalue weighted by atomic mass is 79.9. The maximum Gasteiger partial charge on any atom is 0.199 e. The van der Waals surface area contributed by atoms with E-state index in [4.69, 9.17) is 4.74 Å². The van der Waals surface area contributed by atoms with Crippen LogP contribution >= 0.6 is 31.9 Å². The first-order valence-corrected chi connectivity index (χ1v) is 13.2. The van der Waals surface area contributed by atoms with E-state index in [1.807, 2.05) is 0 Å². The molecule has 0 fully saturated rings. The summed E-state index contributed by atoms with van der Waals surface area (Å²) >= 11 is 7.21. The minimum absolute atomic E-state index is 0.0205. The van der Waals surface area contributed by atoms with E-state index in [9.17, 15) is 0 Å². The third-order valence-electron chi connectivity index (χ3n) is 6.64. The largest absolute Gasteiger partial charge is 0.465 e. The first-order chi connectivity index (χ1) is 17.1. The van der Waals surface area contributed by atoms with Crippen molar-refractivity contribution in [3.63, 3.8) is 0 Å². The molecule has 35 heavy (non-hydrogen) atoms. The van der Waals surface area contributed by atoms with Crippen molar-refractivity contribution in [3.8, 4) is 5.75 Å². The van der Waals surface area contributed by atoms with E-state index in [-0.39, 0.29) is 12.3 Å². The van der Waals surface area contributed by atoms with Crippen molar-refractivity contribution in [1.29, 1.82) is 0 Å². The Morgan fingerprint density at radius 2 is 1.29 bits per heavy atom. The van der Waals surface area contributed by atoms with Crippen LogP contribution in [0.15, 0.2) is 118 Å². The van der Waals surface area contributed by atoms with Crippen LogP contribution in [0.3, 0.4) is 0 Å². The third-order valence-corrected chi connectivity index (χ3v) is 7.70. The number of aryl methyl sites for hydroxylation is 1. The van der Waals surface area contributed by atoms with Gasteiger partial charge < -0.3 is 9.64 Å². The first kappa shape index (κ1) is 22.4. The zero-order valence-corrected chi connectivity index (χ0v) is 22.3. The van der Waals surface area contributed by atoms with Crippen LogP contribution < -0.4 is 9.64 Å². The summed E-state index contributed by atoms with van der Waals surface area (Å²) < 4.78 is 9.06. The number of hydrogen-bond donors (Lipinski definition) is 0. The molecule has 6 rings (SSSR count). The lowest BCUT2D eigenvalue weighted by Crippen LogP contribution is -2.40. The molecule has 0 bridgehead atoms. The normalized spacial score (nSPS) is 17.2. The number of fused-ring (bicyclic) bond motifs is 3. The summed E-state index contributed by atoms with van der Waals surface area (Å²) in [4.78, 5) is 2.41. The van der Waals surface area contributed by atoms with Gasteiger partial charge in [0.1, 0.15) is 5.75 Å². The minimum atomic E-state index is -0.294. The molecule has 0 amide bonds. The molecular weight excluding hydrogens is 562 g/mol. The first-order valence-electron chi connectivity index (χ1n) is 11.6. The molecule has 0 spiro atoms. The molecular formula is C31H23Br2NO. The highest BCUT2D eigenvalue weighted by molar-refractivity contribution is 9.10. The van der Waals surface area contributed by atoms with Crippen molar-refractivity contribution in [2.75, 3.05) is 4.90 Å². The van der Waals surface area contributed by atoms with Crippen LogP contribution in [0.2, 0.25) is 0 Å². The van der Waals surface area contributed by atoms with E-state index in [0.717, 1.165) is 31.3 Å². The number of rotatable bonds is 3. The number of ether oxygens (including phenoxy) is 1. The van der Waals surface area contributed by atoms with Crippen molar-refractivity contribution < 1.29 is 4.74 Å². The van der Waals surface area contributed by atoms with Gasteiger partial charge in [0, 0.05) is 31.1 Å². The predicted octanol–water partition coefficient (Wildman–Crippen LogP) is 9.36. The van der Waals surface area contributed by atoms with Gasteiger partial charge in [0.25, 0.3) is 0 Å². The molecule has 4 heteroatoms. The zero-order chi connectivity index (χ0) is 23.9. The topological polar surface area (TPSA) is 12.5 Å². The van der Waals surface area contributed by atoms with Crippen LogP contribution in [0.4, 0.5) is 5.69 Å². The summed E-state index contributed by atoms with van der Waals surface area (Å²) in [5.41, 5.74) is 5.85. The van der Waals surface area contributed by atoms with Gasteiger partial charge in [-0.2, -0.15) is 0 Å². The Morgan fingerprint density at radius 1 is 0.657 bits per heavy atom. The van der Waals surface area contributed by atoms with Crippen molar-refractivity contribution in [3.05, 3.63) is 140 Å². The van der Waals surface area contributed by atoms with E-state index in [0.29, 0.717) is 0 Å². The standard InChI is InChI=1S/C31H23Br2NO/c1-20-6-17-26(18-7-20)34-29(22-8-13-24(32)14-9-22)28-19-12-21-4-2-3-5-27(21)30(28)35-31(34)23-10-15-25(33)16-11-23/h2-19,29,31H,1H3. The quantitative estimate of drug-likeness (QED) is 0.209. The van der Waals surface area contributed by atoms with Crippen LogP contribution in [0, 0.1) is 6.92 Å². The van der Waals surface area contributed by atoms with Crippen molar-refractivity contribution in [2.45, 2.75) is 19.2 Å². The molecule has 1 heterocycles. The van der Waals surface area contributed by atoms with Crippen molar-refractivity contribution in [1.82, 2.24) is 0 Å². The molecule has 0 aromatic heterocycles. The van der Waals surface area contributed by atoms with Gasteiger partial charge in [-0.25, -0.2) is 0 Å². The molecule has 172 valence electrons. The highest BCUT2D eigenvalue weighted by Crippen LogP contribution is 2.50. The Kier molecular flexibility index (Phi) is 5.87. The number of benzene rings is 5. The van der Waals surface area contributed by atoms with Gasteiger partial charge in [-0.1, -0.05) is 110 Å². The van der Waals surface area contributed by atoms with Crippen LogP contribution in [0.1, 0.15) is 34.5 Å². The molecule has 2 atom stereocenters. The Bertz CT molecular complexity index is 1490. The Balaban J connectivity index is 1.64. The van der Waals surface area contributed by atoms with E-state index in [2.05, 4.69) is 153 Å². The van der Waals surface area contributed by atoms with Crippen molar-refractivity contribution >= 4 is 48.3 Å². The molecule has 0 saturated heterocycles. The minimum Gasteiger partial charge on any atom is -0.465 e. The Labute approximate surface area is 222 Å². The molecule has 1 aliphatic heterocycles. The van der Waals surface area contributed by atoms with Crippen molar-refractivity contribution in [2.24, 2.45) is 0 Å². The monoisotopic (exact) mass is 583 g/mol. The lowest BCUT2D eigenvalue weighted by atomic mass is 9.90. The van der Waals surface area contributed by atoms with Crippen LogP contribution in [0.5, 0.6) is 5.75 Å². The average molecular weight is 585 g/mol. The average Bonchev–Trinajstić information content (AvgIpc) is 2.89. The van der Waals surface area contributed by atoms with Crippen LogP contribution in [0.25, 0.3) is 10.8 Å². The maximum atomic E-state index is 6.95. The van der Waals surface area contributed by atoms with Gasteiger partial charge in [-0.3, -0.25) is 0 Å². The lowest BCUT2D eigenvalue weighted by molar-refractivity contribution is 0.172. The fraction of sp³-hybridized carbons (Fsp3) is 0.0968. The fourth-order valence-electron chi connectivity index (χ4n) is 4.90. The van der Waals surface area contributed by atoms with Crippen LogP contribution in [-0.4, -0.2) is 0 Å². The van der Waals surface area contributed by atoms with Gasteiger partial charge in [-0.05, 0) is 54.3 Å². The van der Waals surface area contributed by atoms with Gasteiger partial charge >= 0.3 is 0 Å². The highest BCUT2D eigenvalue weighted by Gasteiger charge is 2.38. The number of hydrogen-bond acceptors (Lipinski definition) is 2. The van der Waals surface area contributed by atoms with E-state index < -0.39 is 0 Å². The van der Waals surface area contributed by atoms with E-state index in [1.165, 1.54) is 22.1 Å². The summed E-state index contributed by atoms with van der Waals surface area (Å²) in [6.07, 6.45) is -0.294. The molecule has 5 aromatic carbocycles. The summed E-state index contributed by atoms with van der Waals surface area (Å²) in [5.74, 6) is 0.951. The third kappa shape index (κ3) is 4.15. The molecule has 0 aliphatic carbocycles. The molecule has 2 unspecified atom stereocenters. The SMILES string of the molecule is Cc1ccc(N2C(c3ccc(Br)cc3)Oc3c(ccc4ccccc34)C2c2ccc(Br)cc2)cc1.